The molecule has 0 N–H and O–H groups in total. The minimum Gasteiger partial charge on any atom is -0.481 e. The number of halogens is 3. The first-order chi connectivity index (χ1) is 7.74. The fourth-order valence-electron chi connectivity index (χ4n) is 1.10. The number of methoxy groups -OCH3 is 1. The molecule has 6 nitrogen and oxygen atoms in total. The van der Waals surface area contributed by atoms with Crippen LogP contribution in [0.25, 0.3) is 0 Å². The molecule has 0 aliphatic heterocycles. The molecule has 94 valence electrons. The van der Waals surface area contributed by atoms with E-state index in [9.17, 15) is 23.3 Å². The monoisotopic (exact) mass is 252 g/mol. The minimum atomic E-state index is -5.02. The first-order valence-electron chi connectivity index (χ1n) is 4.20. The Bertz CT molecular complexity index is 447. The van der Waals surface area contributed by atoms with E-state index >= 15 is 0 Å². The number of hydrogen-bond donors (Lipinski definition) is 0. The van der Waals surface area contributed by atoms with Crippen molar-refractivity contribution in [1.29, 1.82) is 0 Å². The molecule has 9 heteroatoms. The normalized spacial score (nSPS) is 11.1. The van der Waals surface area contributed by atoms with Crippen molar-refractivity contribution < 1.29 is 27.6 Å². The highest BCUT2D eigenvalue weighted by atomic mass is 19.4. The average molecular weight is 252 g/mol. The van der Waals surface area contributed by atoms with Gasteiger partial charge in [-0.3, -0.25) is 10.1 Å². The van der Waals surface area contributed by atoms with Gasteiger partial charge in [0.1, 0.15) is 0 Å². The predicted molar refractivity (Wildman–Crippen MR) is 48.9 cm³/mol. The van der Waals surface area contributed by atoms with Crippen molar-refractivity contribution in [2.45, 2.75) is 13.3 Å². The van der Waals surface area contributed by atoms with Gasteiger partial charge in [-0.05, 0) is 6.92 Å². The highest BCUT2D eigenvalue weighted by Crippen LogP contribution is 2.36. The van der Waals surface area contributed by atoms with Crippen LogP contribution in [0.5, 0.6) is 11.6 Å². The minimum absolute atomic E-state index is 0.163. The molecule has 0 spiro atoms. The predicted octanol–water partition coefficient (Wildman–Crippen LogP) is 2.21. The number of nitro groups is 1. The van der Waals surface area contributed by atoms with Crippen LogP contribution in [0.3, 0.4) is 0 Å². The van der Waals surface area contributed by atoms with Gasteiger partial charge in [-0.2, -0.15) is 0 Å². The van der Waals surface area contributed by atoms with E-state index in [4.69, 9.17) is 0 Å². The topological polar surface area (TPSA) is 74.5 Å². The molecule has 0 unspecified atom stereocenters. The third-order valence-electron chi connectivity index (χ3n) is 1.72. The van der Waals surface area contributed by atoms with E-state index < -0.39 is 22.7 Å². The number of nitrogens with zero attached hydrogens (tertiary/aromatic N) is 2. The Kier molecular flexibility index (Phi) is 3.39. The number of alkyl halides is 3. The van der Waals surface area contributed by atoms with Crippen LogP contribution in [-0.4, -0.2) is 23.4 Å². The molecular formula is C8H7F3N2O4. The van der Waals surface area contributed by atoms with Crippen molar-refractivity contribution in [3.63, 3.8) is 0 Å². The molecule has 0 bridgehead atoms. The van der Waals surface area contributed by atoms with Crippen LogP contribution in [0.4, 0.5) is 18.9 Å². The Morgan fingerprint density at radius 3 is 2.47 bits per heavy atom. The van der Waals surface area contributed by atoms with Gasteiger partial charge in [0.15, 0.2) is 0 Å². The zero-order valence-electron chi connectivity index (χ0n) is 8.74. The van der Waals surface area contributed by atoms with E-state index in [1.165, 1.54) is 7.11 Å². The fraction of sp³-hybridized carbons (Fsp3) is 0.375. The number of aromatic nitrogens is 1. The smallest absolute Gasteiger partial charge is 0.481 e. The second kappa shape index (κ2) is 4.44. The molecule has 0 aromatic carbocycles. The van der Waals surface area contributed by atoms with Crippen LogP contribution in [-0.2, 0) is 0 Å². The molecule has 1 rings (SSSR count). The third kappa shape index (κ3) is 3.20. The number of aryl methyl sites for hydroxylation is 1. The Morgan fingerprint density at radius 2 is 2.06 bits per heavy atom. The van der Waals surface area contributed by atoms with E-state index in [1.807, 2.05) is 0 Å². The van der Waals surface area contributed by atoms with Crippen molar-refractivity contribution >= 4 is 5.69 Å². The number of ether oxygens (including phenoxy) is 2. The summed E-state index contributed by atoms with van der Waals surface area (Å²) in [5.74, 6) is -1.10. The lowest BCUT2D eigenvalue weighted by molar-refractivity contribution is -0.388. The van der Waals surface area contributed by atoms with Crippen molar-refractivity contribution in [3.05, 3.63) is 21.9 Å². The Hall–Kier alpha value is -2.06. The maximum absolute atomic E-state index is 12.0. The number of pyridine rings is 1. The van der Waals surface area contributed by atoms with Gasteiger partial charge in [0.25, 0.3) is 0 Å². The summed E-state index contributed by atoms with van der Waals surface area (Å²) in [6, 6.07) is 0.758. The van der Waals surface area contributed by atoms with Crippen LogP contribution in [0.2, 0.25) is 0 Å². The summed E-state index contributed by atoms with van der Waals surface area (Å²) in [4.78, 5) is 13.2. The molecule has 0 fully saturated rings. The van der Waals surface area contributed by atoms with Crippen LogP contribution in [0.15, 0.2) is 6.07 Å². The van der Waals surface area contributed by atoms with Crippen LogP contribution < -0.4 is 9.47 Å². The molecule has 0 radical (unpaired) electrons. The SMILES string of the molecule is COc1cc([N+](=O)[O-])c(OC(F)(F)F)c(C)n1. The second-order valence-electron chi connectivity index (χ2n) is 2.90. The zero-order valence-corrected chi connectivity index (χ0v) is 8.74. The molecular weight excluding hydrogens is 245 g/mol. The molecule has 1 aromatic rings. The van der Waals surface area contributed by atoms with Gasteiger partial charge in [-0.25, -0.2) is 4.98 Å². The largest absolute Gasteiger partial charge is 0.573 e. The highest BCUT2D eigenvalue weighted by molar-refractivity contribution is 5.51. The van der Waals surface area contributed by atoms with Gasteiger partial charge in [-0.1, -0.05) is 0 Å². The molecule has 0 amide bonds. The first-order valence-corrected chi connectivity index (χ1v) is 4.20. The summed E-state index contributed by atoms with van der Waals surface area (Å²) in [5, 5.41) is 10.6. The Labute approximate surface area is 93.1 Å². The standard InChI is InChI=1S/C8H7F3N2O4/c1-4-7(17-8(9,10)11)5(13(14)15)3-6(12-4)16-2/h3H,1-2H3. The summed E-state index contributed by atoms with van der Waals surface area (Å²) < 4.78 is 44.3. The first kappa shape index (κ1) is 13.0. The Morgan fingerprint density at radius 1 is 1.47 bits per heavy atom. The molecule has 0 saturated carbocycles. The van der Waals surface area contributed by atoms with Gasteiger partial charge in [-0.15, -0.1) is 13.2 Å². The van der Waals surface area contributed by atoms with Gasteiger partial charge in [0, 0.05) is 0 Å². The van der Waals surface area contributed by atoms with Crippen LogP contribution in [0.1, 0.15) is 5.69 Å². The van der Waals surface area contributed by atoms with Crippen molar-refractivity contribution in [2.24, 2.45) is 0 Å². The quantitative estimate of drug-likeness (QED) is 0.609. The fourth-order valence-corrected chi connectivity index (χ4v) is 1.10. The van der Waals surface area contributed by atoms with Crippen molar-refractivity contribution in [2.75, 3.05) is 7.11 Å². The number of rotatable bonds is 3. The molecule has 1 heterocycles. The number of hydrogen-bond acceptors (Lipinski definition) is 5. The maximum Gasteiger partial charge on any atom is 0.573 e. The molecule has 0 saturated heterocycles. The maximum atomic E-state index is 12.0. The molecule has 1 aromatic heterocycles. The van der Waals surface area contributed by atoms with Crippen LogP contribution >= 0.6 is 0 Å². The van der Waals surface area contributed by atoms with Crippen LogP contribution in [0, 0.1) is 17.0 Å². The summed E-state index contributed by atoms with van der Waals surface area (Å²) in [6.07, 6.45) is -5.02. The highest BCUT2D eigenvalue weighted by Gasteiger charge is 2.36. The van der Waals surface area contributed by atoms with Crippen molar-refractivity contribution in [1.82, 2.24) is 4.98 Å². The van der Waals surface area contributed by atoms with Gasteiger partial charge in [0.2, 0.25) is 11.6 Å². The molecule has 17 heavy (non-hydrogen) atoms. The summed E-state index contributed by atoms with van der Waals surface area (Å²) in [5.41, 5.74) is -1.14. The molecule has 0 aliphatic carbocycles. The van der Waals surface area contributed by atoms with Gasteiger partial charge >= 0.3 is 12.0 Å². The Balaban J connectivity index is 3.32. The van der Waals surface area contributed by atoms with E-state index in [-0.39, 0.29) is 11.6 Å². The lowest BCUT2D eigenvalue weighted by atomic mass is 10.3. The molecule has 0 aliphatic rings. The van der Waals surface area contributed by atoms with Crippen molar-refractivity contribution in [3.8, 4) is 11.6 Å². The van der Waals surface area contributed by atoms with E-state index in [1.54, 1.807) is 0 Å². The third-order valence-corrected chi connectivity index (χ3v) is 1.72. The summed E-state index contributed by atoms with van der Waals surface area (Å²) in [7, 11) is 1.19. The van der Waals surface area contributed by atoms with Gasteiger partial charge in [0.05, 0.1) is 23.8 Å². The van der Waals surface area contributed by atoms with E-state index in [0.29, 0.717) is 0 Å². The average Bonchev–Trinajstić information content (AvgIpc) is 2.18. The van der Waals surface area contributed by atoms with Gasteiger partial charge < -0.3 is 9.47 Å². The lowest BCUT2D eigenvalue weighted by Gasteiger charge is -2.11. The zero-order chi connectivity index (χ0) is 13.2. The molecule has 0 atom stereocenters. The second-order valence-corrected chi connectivity index (χ2v) is 2.90. The van der Waals surface area contributed by atoms with E-state index in [2.05, 4.69) is 14.5 Å². The van der Waals surface area contributed by atoms with E-state index in [0.717, 1.165) is 13.0 Å². The summed E-state index contributed by atoms with van der Waals surface area (Å²) in [6.45, 7) is 1.15. The lowest BCUT2D eigenvalue weighted by Crippen LogP contribution is -2.19. The summed E-state index contributed by atoms with van der Waals surface area (Å²) >= 11 is 0.